The van der Waals surface area contributed by atoms with Crippen molar-refractivity contribution in [3.8, 4) is 0 Å². The molecule has 0 spiro atoms. The lowest BCUT2D eigenvalue weighted by atomic mass is 9.97. The smallest absolute Gasteiger partial charge is 0.0569 e. The van der Waals surface area contributed by atoms with Crippen LogP contribution in [0.15, 0.2) is 0 Å². The maximum absolute atomic E-state index is 9.70. The number of aliphatic hydroxyl groups excluding tert-OH is 1. The summed E-state index contributed by atoms with van der Waals surface area (Å²) < 4.78 is 4.97. The third-order valence-corrected chi connectivity index (χ3v) is 2.71. The van der Waals surface area contributed by atoms with Gasteiger partial charge < -0.3 is 9.84 Å². The number of hydrogen-bond acceptors (Lipinski definition) is 2. The molecule has 0 aromatic carbocycles. The molecule has 1 rings (SSSR count). The van der Waals surface area contributed by atoms with Crippen molar-refractivity contribution in [3.05, 3.63) is 0 Å². The van der Waals surface area contributed by atoms with E-state index in [0.717, 1.165) is 25.4 Å². The molecular formula is C10H20O2. The van der Waals surface area contributed by atoms with Crippen LogP contribution in [0.1, 0.15) is 32.6 Å². The van der Waals surface area contributed by atoms with Gasteiger partial charge in [0.15, 0.2) is 0 Å². The fourth-order valence-corrected chi connectivity index (χ4v) is 1.42. The van der Waals surface area contributed by atoms with E-state index in [1.54, 1.807) is 7.11 Å². The summed E-state index contributed by atoms with van der Waals surface area (Å²) in [6.45, 7) is 2.87. The van der Waals surface area contributed by atoms with Crippen molar-refractivity contribution in [1.29, 1.82) is 0 Å². The molecule has 2 nitrogen and oxygen atoms in total. The monoisotopic (exact) mass is 172 g/mol. The summed E-state index contributed by atoms with van der Waals surface area (Å²) in [5, 5.41) is 9.70. The Bertz CT molecular complexity index is 121. The van der Waals surface area contributed by atoms with Crippen molar-refractivity contribution < 1.29 is 9.84 Å². The average Bonchev–Trinajstić information content (AvgIpc) is 2.83. The van der Waals surface area contributed by atoms with Gasteiger partial charge in [0.1, 0.15) is 0 Å². The SMILES string of the molecule is COCCC(C)C(O)CC1CC1. The summed E-state index contributed by atoms with van der Waals surface area (Å²) >= 11 is 0. The van der Waals surface area contributed by atoms with Crippen LogP contribution in [0.5, 0.6) is 0 Å². The van der Waals surface area contributed by atoms with Crippen LogP contribution in [-0.4, -0.2) is 24.9 Å². The fraction of sp³-hybridized carbons (Fsp3) is 1.00. The van der Waals surface area contributed by atoms with Gasteiger partial charge in [-0.1, -0.05) is 19.8 Å². The minimum Gasteiger partial charge on any atom is -0.393 e. The third-order valence-electron chi connectivity index (χ3n) is 2.71. The van der Waals surface area contributed by atoms with Gasteiger partial charge in [-0.2, -0.15) is 0 Å². The first kappa shape index (κ1) is 10.0. The first-order valence-corrected chi connectivity index (χ1v) is 4.91. The van der Waals surface area contributed by atoms with E-state index in [2.05, 4.69) is 6.92 Å². The van der Waals surface area contributed by atoms with Crippen molar-refractivity contribution in [2.45, 2.75) is 38.7 Å². The molecule has 1 aliphatic rings. The molecule has 72 valence electrons. The van der Waals surface area contributed by atoms with E-state index >= 15 is 0 Å². The quantitative estimate of drug-likeness (QED) is 0.662. The van der Waals surface area contributed by atoms with Gasteiger partial charge >= 0.3 is 0 Å². The van der Waals surface area contributed by atoms with Crippen molar-refractivity contribution >= 4 is 0 Å². The van der Waals surface area contributed by atoms with Gasteiger partial charge in [-0.3, -0.25) is 0 Å². The molecule has 1 aliphatic carbocycles. The molecule has 2 unspecified atom stereocenters. The summed E-state index contributed by atoms with van der Waals surface area (Å²) in [4.78, 5) is 0. The second-order valence-electron chi connectivity index (χ2n) is 4.01. The van der Waals surface area contributed by atoms with Crippen LogP contribution in [-0.2, 0) is 4.74 Å². The summed E-state index contributed by atoms with van der Waals surface area (Å²) in [6, 6.07) is 0. The zero-order valence-corrected chi connectivity index (χ0v) is 8.12. The van der Waals surface area contributed by atoms with Crippen molar-refractivity contribution in [2.24, 2.45) is 11.8 Å². The van der Waals surface area contributed by atoms with Gasteiger partial charge in [0, 0.05) is 13.7 Å². The Morgan fingerprint density at radius 1 is 1.50 bits per heavy atom. The lowest BCUT2D eigenvalue weighted by Gasteiger charge is -2.17. The molecule has 12 heavy (non-hydrogen) atoms. The lowest BCUT2D eigenvalue weighted by molar-refractivity contribution is 0.0777. The largest absolute Gasteiger partial charge is 0.393 e. The molecule has 1 N–H and O–H groups in total. The molecular weight excluding hydrogens is 152 g/mol. The molecule has 2 atom stereocenters. The van der Waals surface area contributed by atoms with Crippen LogP contribution in [0.3, 0.4) is 0 Å². The number of methoxy groups -OCH3 is 1. The Morgan fingerprint density at radius 2 is 2.17 bits per heavy atom. The maximum Gasteiger partial charge on any atom is 0.0569 e. The Kier molecular flexibility index (Phi) is 4.02. The third kappa shape index (κ3) is 3.55. The topological polar surface area (TPSA) is 29.5 Å². The number of hydrogen-bond donors (Lipinski definition) is 1. The van der Waals surface area contributed by atoms with Crippen molar-refractivity contribution in [1.82, 2.24) is 0 Å². The van der Waals surface area contributed by atoms with Gasteiger partial charge in [-0.05, 0) is 24.7 Å². The van der Waals surface area contributed by atoms with E-state index in [1.807, 2.05) is 0 Å². The molecule has 0 amide bonds. The molecule has 0 heterocycles. The van der Waals surface area contributed by atoms with Crippen molar-refractivity contribution in [2.75, 3.05) is 13.7 Å². The fourth-order valence-electron chi connectivity index (χ4n) is 1.42. The highest BCUT2D eigenvalue weighted by Gasteiger charge is 2.26. The van der Waals surface area contributed by atoms with Gasteiger partial charge in [0.25, 0.3) is 0 Å². The van der Waals surface area contributed by atoms with Crippen LogP contribution in [0.4, 0.5) is 0 Å². The maximum atomic E-state index is 9.70. The van der Waals surface area contributed by atoms with Gasteiger partial charge in [0.2, 0.25) is 0 Å². The predicted molar refractivity (Wildman–Crippen MR) is 49.0 cm³/mol. The van der Waals surface area contributed by atoms with Gasteiger partial charge in [-0.15, -0.1) is 0 Å². The molecule has 1 fully saturated rings. The normalized spacial score (nSPS) is 22.2. The lowest BCUT2D eigenvalue weighted by Crippen LogP contribution is -2.19. The van der Waals surface area contributed by atoms with E-state index in [1.165, 1.54) is 12.8 Å². The first-order valence-electron chi connectivity index (χ1n) is 4.91. The Balaban J connectivity index is 2.06. The average molecular weight is 172 g/mol. The first-order chi connectivity index (χ1) is 5.74. The minimum atomic E-state index is -0.104. The molecule has 0 radical (unpaired) electrons. The molecule has 0 saturated heterocycles. The molecule has 1 saturated carbocycles. The van der Waals surface area contributed by atoms with E-state index < -0.39 is 0 Å². The Morgan fingerprint density at radius 3 is 2.67 bits per heavy atom. The minimum absolute atomic E-state index is 0.104. The second-order valence-corrected chi connectivity index (χ2v) is 4.01. The Hall–Kier alpha value is -0.0800. The summed E-state index contributed by atoms with van der Waals surface area (Å²) in [7, 11) is 1.71. The highest BCUT2D eigenvalue weighted by Crippen LogP contribution is 2.35. The van der Waals surface area contributed by atoms with Gasteiger partial charge in [0.05, 0.1) is 6.10 Å². The number of aliphatic hydroxyl groups is 1. The second kappa shape index (κ2) is 4.83. The van der Waals surface area contributed by atoms with E-state index in [-0.39, 0.29) is 6.10 Å². The molecule has 0 bridgehead atoms. The highest BCUT2D eigenvalue weighted by molar-refractivity contribution is 4.78. The van der Waals surface area contributed by atoms with Crippen LogP contribution < -0.4 is 0 Å². The predicted octanol–water partition coefficient (Wildman–Crippen LogP) is 1.82. The molecule has 0 aromatic rings. The van der Waals surface area contributed by atoms with E-state index in [0.29, 0.717) is 5.92 Å². The number of ether oxygens (including phenoxy) is 1. The van der Waals surface area contributed by atoms with Crippen molar-refractivity contribution in [3.63, 3.8) is 0 Å². The zero-order valence-electron chi connectivity index (χ0n) is 8.12. The Labute approximate surface area is 74.9 Å². The number of rotatable bonds is 6. The highest BCUT2D eigenvalue weighted by atomic mass is 16.5. The van der Waals surface area contributed by atoms with Crippen LogP contribution in [0.2, 0.25) is 0 Å². The summed E-state index contributed by atoms with van der Waals surface area (Å²) in [5.41, 5.74) is 0. The van der Waals surface area contributed by atoms with E-state index in [4.69, 9.17) is 4.74 Å². The summed E-state index contributed by atoms with van der Waals surface area (Å²) in [6.07, 6.45) is 4.53. The van der Waals surface area contributed by atoms with Crippen LogP contribution in [0, 0.1) is 11.8 Å². The summed E-state index contributed by atoms with van der Waals surface area (Å²) in [5.74, 6) is 1.22. The van der Waals surface area contributed by atoms with E-state index in [9.17, 15) is 5.11 Å². The molecule has 0 aromatic heterocycles. The zero-order chi connectivity index (χ0) is 8.97. The van der Waals surface area contributed by atoms with Gasteiger partial charge in [-0.25, -0.2) is 0 Å². The molecule has 0 aliphatic heterocycles. The standard InChI is InChI=1S/C10H20O2/c1-8(5-6-12-2)10(11)7-9-3-4-9/h8-11H,3-7H2,1-2H3. The van der Waals surface area contributed by atoms with Crippen LogP contribution in [0.25, 0.3) is 0 Å². The molecule has 2 heteroatoms. The van der Waals surface area contributed by atoms with Crippen LogP contribution >= 0.6 is 0 Å².